The Hall–Kier alpha value is -3.30. The third kappa shape index (κ3) is 9.38. The molecule has 4 amide bonds. The normalized spacial score (nSPS) is 12.9. The number of para-hydroxylation sites is 1. The van der Waals surface area contributed by atoms with E-state index in [0.29, 0.717) is 6.54 Å². The summed E-state index contributed by atoms with van der Waals surface area (Å²) in [6.45, 7) is 7.41. The highest BCUT2D eigenvalue weighted by Gasteiger charge is 2.35. The number of nitrogens with one attached hydrogen (secondary N) is 2. The van der Waals surface area contributed by atoms with E-state index in [2.05, 4.69) is 10.6 Å². The van der Waals surface area contributed by atoms with E-state index in [4.69, 9.17) is 10.5 Å². The fraction of sp³-hybridized carbons (Fsp3) is 0.565. The van der Waals surface area contributed by atoms with Crippen LogP contribution in [0.3, 0.4) is 0 Å². The predicted octanol–water partition coefficient (Wildman–Crippen LogP) is 1.97. The van der Waals surface area contributed by atoms with Gasteiger partial charge in [-0.1, -0.05) is 31.5 Å². The lowest BCUT2D eigenvalue weighted by molar-refractivity contribution is -0.141. The van der Waals surface area contributed by atoms with Gasteiger partial charge in [-0.3, -0.25) is 14.4 Å². The summed E-state index contributed by atoms with van der Waals surface area (Å²) in [6.07, 6.45) is 0.529. The molecule has 0 fully saturated rings. The molecule has 0 aromatic heterocycles. The van der Waals surface area contributed by atoms with Crippen molar-refractivity contribution >= 4 is 23.8 Å². The number of primary amides is 1. The van der Waals surface area contributed by atoms with Crippen LogP contribution in [0.1, 0.15) is 65.0 Å². The van der Waals surface area contributed by atoms with E-state index >= 15 is 0 Å². The second kappa shape index (κ2) is 12.7. The van der Waals surface area contributed by atoms with Crippen LogP contribution in [0.2, 0.25) is 0 Å². The zero-order valence-electron chi connectivity index (χ0n) is 20.0. The number of phenols is 1. The number of aromatic hydroxyl groups is 1. The molecule has 0 radical (unpaired) electrons. The van der Waals surface area contributed by atoms with E-state index in [0.717, 1.165) is 17.7 Å². The molecule has 10 heteroatoms. The number of carbonyl (C=O) groups is 4. The van der Waals surface area contributed by atoms with Gasteiger partial charge in [0.1, 0.15) is 23.4 Å². The Balaban J connectivity index is 3.22. The zero-order chi connectivity index (χ0) is 25.2. The maximum atomic E-state index is 13.4. The maximum absolute atomic E-state index is 13.4. The Labute approximate surface area is 194 Å². The van der Waals surface area contributed by atoms with Gasteiger partial charge in [-0.2, -0.15) is 0 Å². The van der Waals surface area contributed by atoms with E-state index in [9.17, 15) is 24.3 Å². The van der Waals surface area contributed by atoms with Crippen molar-refractivity contribution in [2.45, 2.75) is 71.1 Å². The number of amides is 4. The number of nitrogens with zero attached hydrogens (tertiary/aromatic N) is 1. The molecule has 5 N–H and O–H groups in total. The van der Waals surface area contributed by atoms with Crippen molar-refractivity contribution < 1.29 is 29.0 Å². The van der Waals surface area contributed by atoms with Gasteiger partial charge >= 0.3 is 6.09 Å². The van der Waals surface area contributed by atoms with Gasteiger partial charge in [-0.25, -0.2) is 4.79 Å². The highest BCUT2D eigenvalue weighted by molar-refractivity contribution is 5.92. The molecule has 33 heavy (non-hydrogen) atoms. The molecule has 0 heterocycles. The molecule has 0 saturated heterocycles. The Morgan fingerprint density at radius 1 is 1.18 bits per heavy atom. The number of nitrogens with two attached hydrogens (primary N) is 1. The molecule has 2 unspecified atom stereocenters. The summed E-state index contributed by atoms with van der Waals surface area (Å²) < 4.78 is 5.23. The number of rotatable bonds is 11. The van der Waals surface area contributed by atoms with Gasteiger partial charge in [0, 0.05) is 25.6 Å². The third-order valence-corrected chi connectivity index (χ3v) is 4.71. The lowest BCUT2D eigenvalue weighted by atomic mass is 10.0. The fourth-order valence-electron chi connectivity index (χ4n) is 3.10. The first-order valence-electron chi connectivity index (χ1n) is 11.0. The number of hydrogen-bond donors (Lipinski definition) is 4. The third-order valence-electron chi connectivity index (χ3n) is 4.71. The lowest BCUT2D eigenvalue weighted by Crippen LogP contribution is -2.52. The van der Waals surface area contributed by atoms with Gasteiger partial charge in [0.05, 0.1) is 0 Å². The first kappa shape index (κ1) is 27.7. The minimum Gasteiger partial charge on any atom is -0.508 e. The van der Waals surface area contributed by atoms with Gasteiger partial charge in [-0.15, -0.1) is 0 Å². The Bertz CT molecular complexity index is 836. The monoisotopic (exact) mass is 464 g/mol. The number of alkyl carbamates (subject to hydrolysis) is 1. The molecular formula is C23H36N4O6. The number of unbranched alkanes of at least 4 members (excludes halogenated alkanes) is 1. The van der Waals surface area contributed by atoms with Crippen LogP contribution < -0.4 is 16.4 Å². The van der Waals surface area contributed by atoms with Crippen molar-refractivity contribution in [3.63, 3.8) is 0 Å². The summed E-state index contributed by atoms with van der Waals surface area (Å²) in [6, 6.07) is 3.88. The molecule has 184 valence electrons. The van der Waals surface area contributed by atoms with Crippen molar-refractivity contribution in [1.29, 1.82) is 0 Å². The smallest absolute Gasteiger partial charge is 0.408 e. The number of hydrogen-bond acceptors (Lipinski definition) is 6. The van der Waals surface area contributed by atoms with Crippen molar-refractivity contribution in [3.8, 4) is 5.75 Å². The molecule has 0 aliphatic heterocycles. The van der Waals surface area contributed by atoms with Crippen LogP contribution in [0.5, 0.6) is 5.75 Å². The van der Waals surface area contributed by atoms with E-state index in [1.165, 1.54) is 13.1 Å². The number of benzene rings is 1. The van der Waals surface area contributed by atoms with Gasteiger partial charge in [0.15, 0.2) is 0 Å². The van der Waals surface area contributed by atoms with Crippen LogP contribution in [0.4, 0.5) is 4.79 Å². The van der Waals surface area contributed by atoms with E-state index in [-0.39, 0.29) is 24.2 Å². The summed E-state index contributed by atoms with van der Waals surface area (Å²) in [5.41, 5.74) is 4.66. The van der Waals surface area contributed by atoms with Gasteiger partial charge in [0.25, 0.3) is 0 Å². The molecule has 10 nitrogen and oxygen atoms in total. The van der Waals surface area contributed by atoms with Crippen LogP contribution in [0, 0.1) is 0 Å². The second-order valence-corrected chi connectivity index (χ2v) is 8.76. The molecule has 0 saturated carbocycles. The first-order valence-corrected chi connectivity index (χ1v) is 11.0. The number of ether oxygens (including phenoxy) is 1. The topological polar surface area (TPSA) is 151 Å². The van der Waals surface area contributed by atoms with Crippen LogP contribution in [0.15, 0.2) is 24.3 Å². The lowest BCUT2D eigenvalue weighted by Gasteiger charge is -2.31. The minimum atomic E-state index is -1.17. The number of likely N-dealkylation sites (N-methyl/N-ethyl adjacent to an activating group) is 1. The van der Waals surface area contributed by atoms with Crippen molar-refractivity contribution in [1.82, 2.24) is 15.5 Å². The van der Waals surface area contributed by atoms with Crippen molar-refractivity contribution in [3.05, 3.63) is 29.8 Å². The summed E-state index contributed by atoms with van der Waals surface area (Å²) in [5.74, 6) is -1.91. The maximum Gasteiger partial charge on any atom is 0.408 e. The minimum absolute atomic E-state index is 0.0807. The van der Waals surface area contributed by atoms with Gasteiger partial charge in [-0.05, 0) is 39.7 Å². The first-order chi connectivity index (χ1) is 15.4. The van der Waals surface area contributed by atoms with E-state index in [1.807, 2.05) is 6.92 Å². The highest BCUT2D eigenvalue weighted by atomic mass is 16.6. The molecule has 0 spiro atoms. The molecule has 0 bridgehead atoms. The van der Waals surface area contributed by atoms with E-state index in [1.54, 1.807) is 39.0 Å². The van der Waals surface area contributed by atoms with Gasteiger partial charge in [0.2, 0.25) is 17.7 Å². The Morgan fingerprint density at radius 3 is 2.36 bits per heavy atom. The summed E-state index contributed by atoms with van der Waals surface area (Å²) in [4.78, 5) is 51.1. The van der Waals surface area contributed by atoms with Crippen molar-refractivity contribution in [2.75, 3.05) is 13.6 Å². The summed E-state index contributed by atoms with van der Waals surface area (Å²) in [7, 11) is 1.40. The van der Waals surface area contributed by atoms with Crippen LogP contribution in [0.25, 0.3) is 0 Å². The van der Waals surface area contributed by atoms with E-state index < -0.39 is 41.5 Å². The second-order valence-electron chi connectivity index (χ2n) is 8.76. The summed E-state index contributed by atoms with van der Waals surface area (Å²) in [5, 5.41) is 15.6. The number of phenolic OH excluding ortho intramolecular Hbond substituents is 1. The van der Waals surface area contributed by atoms with Crippen LogP contribution in [-0.2, 0) is 19.1 Å². The average molecular weight is 465 g/mol. The molecular weight excluding hydrogens is 428 g/mol. The molecule has 0 aliphatic carbocycles. The molecule has 1 aromatic rings. The zero-order valence-corrected chi connectivity index (χ0v) is 20.0. The largest absolute Gasteiger partial charge is 0.508 e. The van der Waals surface area contributed by atoms with Crippen molar-refractivity contribution in [2.24, 2.45) is 5.73 Å². The average Bonchev–Trinajstić information content (AvgIpc) is 2.70. The quantitative estimate of drug-likeness (QED) is 0.368. The molecule has 2 atom stereocenters. The Morgan fingerprint density at radius 2 is 1.82 bits per heavy atom. The predicted molar refractivity (Wildman–Crippen MR) is 123 cm³/mol. The number of carbonyl (C=O) groups excluding carboxylic acids is 4. The molecule has 1 rings (SSSR count). The highest BCUT2D eigenvalue weighted by Crippen LogP contribution is 2.29. The van der Waals surface area contributed by atoms with Crippen LogP contribution in [-0.4, -0.2) is 59.1 Å². The summed E-state index contributed by atoms with van der Waals surface area (Å²) >= 11 is 0. The van der Waals surface area contributed by atoms with Gasteiger partial charge < -0.3 is 31.1 Å². The fourth-order valence-corrected chi connectivity index (χ4v) is 3.10. The standard InChI is InChI=1S/C23H36N4O6/c1-6-7-14-25-20(30)19(15-10-8-9-11-17(15)28)27(5)21(31)16(12-13-18(24)29)26-22(32)33-23(2,3)4/h8-11,16,19,28H,6-7,12-14H2,1-5H3,(H2,24,29)(H,25,30)(H,26,32). The molecule has 0 aliphatic rings. The SMILES string of the molecule is CCCCNC(=O)C(c1ccccc1O)N(C)C(=O)C(CCC(N)=O)NC(=O)OC(C)(C)C. The van der Waals surface area contributed by atoms with Crippen LogP contribution >= 0.6 is 0 Å². The Kier molecular flexibility index (Phi) is 10.6. The molecule has 1 aromatic carbocycles.